The minimum absolute atomic E-state index is 0.0427. The maximum atomic E-state index is 11.6. The number of ether oxygens (including phenoxy) is 1. The molecule has 1 aromatic carbocycles. The molecule has 0 amide bonds. The number of thioether (sulfide) groups is 1. The zero-order chi connectivity index (χ0) is 15.2. The van der Waals surface area contributed by atoms with Crippen LogP contribution < -0.4 is 0 Å². The van der Waals surface area contributed by atoms with E-state index in [4.69, 9.17) is 4.74 Å². The summed E-state index contributed by atoms with van der Waals surface area (Å²) in [6.45, 7) is 5.36. The number of hydrogen-bond acceptors (Lipinski definition) is 4. The van der Waals surface area contributed by atoms with Crippen molar-refractivity contribution in [2.75, 3.05) is 5.75 Å². The highest BCUT2D eigenvalue weighted by atomic mass is 32.2. The monoisotopic (exact) mass is 296 g/mol. The third-order valence-corrected chi connectivity index (χ3v) is 3.53. The molecule has 0 radical (unpaired) electrons. The van der Waals surface area contributed by atoms with Crippen molar-refractivity contribution in [3.05, 3.63) is 35.9 Å². The molecule has 0 heterocycles. The molecule has 4 nitrogen and oxygen atoms in total. The lowest BCUT2D eigenvalue weighted by atomic mass is 10.1. The summed E-state index contributed by atoms with van der Waals surface area (Å²) in [5.74, 6) is -1.26. The van der Waals surface area contributed by atoms with Crippen LogP contribution in [0, 0.1) is 0 Å². The van der Waals surface area contributed by atoms with E-state index in [1.54, 1.807) is 20.8 Å². The van der Waals surface area contributed by atoms with Crippen molar-refractivity contribution in [1.82, 2.24) is 0 Å². The number of rotatable bonds is 6. The van der Waals surface area contributed by atoms with E-state index >= 15 is 0 Å². The van der Waals surface area contributed by atoms with Crippen LogP contribution in [0.15, 0.2) is 30.3 Å². The highest BCUT2D eigenvalue weighted by Gasteiger charge is 2.22. The smallest absolute Gasteiger partial charge is 0.316 e. The molecule has 0 aromatic heterocycles. The molecule has 1 rings (SSSR count). The standard InChI is InChI=1S/C15H20O4S/c1-15(2,3)19-13(16)10-20-12(14(17)18)9-11-7-5-4-6-8-11/h4-8,12H,9-10H2,1-3H3,(H,17,18). The number of carbonyl (C=O) groups excluding carboxylic acids is 1. The van der Waals surface area contributed by atoms with Crippen LogP contribution in [0.5, 0.6) is 0 Å². The first-order valence-electron chi connectivity index (χ1n) is 6.38. The quantitative estimate of drug-likeness (QED) is 0.818. The molecule has 1 aromatic rings. The molecule has 0 bridgehead atoms. The molecule has 0 saturated carbocycles. The SMILES string of the molecule is CC(C)(C)OC(=O)CSC(Cc1ccccc1)C(=O)O. The van der Waals surface area contributed by atoms with Gasteiger partial charge in [0.1, 0.15) is 10.9 Å². The van der Waals surface area contributed by atoms with Gasteiger partial charge in [-0.1, -0.05) is 30.3 Å². The number of esters is 1. The zero-order valence-electron chi connectivity index (χ0n) is 12.0. The van der Waals surface area contributed by atoms with Crippen molar-refractivity contribution in [2.24, 2.45) is 0 Å². The van der Waals surface area contributed by atoms with Crippen molar-refractivity contribution in [3.8, 4) is 0 Å². The number of hydrogen-bond donors (Lipinski definition) is 1. The molecular weight excluding hydrogens is 276 g/mol. The van der Waals surface area contributed by atoms with Gasteiger partial charge in [-0.3, -0.25) is 9.59 Å². The summed E-state index contributed by atoms with van der Waals surface area (Å²) in [5, 5.41) is 8.56. The zero-order valence-corrected chi connectivity index (χ0v) is 12.8. The van der Waals surface area contributed by atoms with Gasteiger partial charge in [-0.2, -0.15) is 0 Å². The Kier molecular flexibility index (Phi) is 6.07. The number of carbonyl (C=O) groups is 2. The Morgan fingerprint density at radius 1 is 1.25 bits per heavy atom. The number of carboxylic acids is 1. The highest BCUT2D eigenvalue weighted by molar-refractivity contribution is 8.01. The van der Waals surface area contributed by atoms with Gasteiger partial charge in [-0.05, 0) is 32.8 Å². The van der Waals surface area contributed by atoms with Crippen molar-refractivity contribution in [3.63, 3.8) is 0 Å². The van der Waals surface area contributed by atoms with E-state index < -0.39 is 16.8 Å². The second kappa shape index (κ2) is 7.33. The van der Waals surface area contributed by atoms with Crippen LogP contribution in [0.25, 0.3) is 0 Å². The summed E-state index contributed by atoms with van der Waals surface area (Å²) in [6, 6.07) is 9.38. The highest BCUT2D eigenvalue weighted by Crippen LogP contribution is 2.18. The Morgan fingerprint density at radius 3 is 2.35 bits per heavy atom. The van der Waals surface area contributed by atoms with E-state index in [1.807, 2.05) is 30.3 Å². The maximum absolute atomic E-state index is 11.6. The minimum atomic E-state index is -0.914. The second-order valence-corrected chi connectivity index (χ2v) is 6.61. The van der Waals surface area contributed by atoms with E-state index in [9.17, 15) is 14.7 Å². The van der Waals surface area contributed by atoms with Crippen LogP contribution in [0.1, 0.15) is 26.3 Å². The van der Waals surface area contributed by atoms with Gasteiger partial charge in [0.15, 0.2) is 0 Å². The van der Waals surface area contributed by atoms with E-state index in [1.165, 1.54) is 0 Å². The summed E-state index contributed by atoms with van der Waals surface area (Å²) >= 11 is 1.10. The lowest BCUT2D eigenvalue weighted by Crippen LogP contribution is -2.27. The van der Waals surface area contributed by atoms with Crippen LogP contribution in [0.3, 0.4) is 0 Å². The fourth-order valence-electron chi connectivity index (χ4n) is 1.59. The Hall–Kier alpha value is -1.49. The van der Waals surface area contributed by atoms with Gasteiger partial charge in [0.2, 0.25) is 0 Å². The van der Waals surface area contributed by atoms with Crippen molar-refractivity contribution in [1.29, 1.82) is 0 Å². The molecule has 5 heteroatoms. The van der Waals surface area contributed by atoms with Crippen LogP contribution in [0.2, 0.25) is 0 Å². The predicted molar refractivity (Wildman–Crippen MR) is 79.9 cm³/mol. The third-order valence-electron chi connectivity index (χ3n) is 2.36. The number of benzene rings is 1. The van der Waals surface area contributed by atoms with Gasteiger partial charge in [0.25, 0.3) is 0 Å². The molecule has 0 spiro atoms. The normalized spacial score (nSPS) is 12.8. The lowest BCUT2D eigenvalue weighted by Gasteiger charge is -2.20. The minimum Gasteiger partial charge on any atom is -0.480 e. The topological polar surface area (TPSA) is 63.6 Å². The molecular formula is C15H20O4S. The average Bonchev–Trinajstić information content (AvgIpc) is 2.33. The van der Waals surface area contributed by atoms with Crippen LogP contribution in [-0.2, 0) is 20.7 Å². The maximum Gasteiger partial charge on any atom is 0.316 e. The van der Waals surface area contributed by atoms with E-state index in [-0.39, 0.29) is 11.7 Å². The van der Waals surface area contributed by atoms with Gasteiger partial charge in [0.05, 0.1) is 5.75 Å². The summed E-state index contributed by atoms with van der Waals surface area (Å²) in [5.41, 5.74) is 0.395. The fraction of sp³-hybridized carbons (Fsp3) is 0.467. The van der Waals surface area contributed by atoms with Gasteiger partial charge in [-0.25, -0.2) is 0 Å². The molecule has 0 fully saturated rings. The van der Waals surface area contributed by atoms with Crippen LogP contribution in [-0.4, -0.2) is 33.6 Å². The molecule has 0 aliphatic carbocycles. The van der Waals surface area contributed by atoms with E-state index in [2.05, 4.69) is 0 Å². The Bertz CT molecular complexity index is 451. The van der Waals surface area contributed by atoms with Gasteiger partial charge < -0.3 is 9.84 Å². The fourth-order valence-corrected chi connectivity index (χ4v) is 2.43. The molecule has 110 valence electrons. The molecule has 0 aliphatic heterocycles. The Morgan fingerprint density at radius 2 is 1.85 bits per heavy atom. The van der Waals surface area contributed by atoms with Crippen molar-refractivity contribution < 1.29 is 19.4 Å². The van der Waals surface area contributed by atoms with Crippen LogP contribution in [0.4, 0.5) is 0 Å². The third kappa shape index (κ3) is 6.61. The number of carboxylic acid groups (broad SMARTS) is 1. The molecule has 1 N–H and O–H groups in total. The molecule has 1 atom stereocenters. The first-order valence-corrected chi connectivity index (χ1v) is 7.43. The summed E-state index contributed by atoms with van der Waals surface area (Å²) in [4.78, 5) is 22.8. The second-order valence-electron chi connectivity index (χ2n) is 5.41. The van der Waals surface area contributed by atoms with E-state index in [0.717, 1.165) is 17.3 Å². The first kappa shape index (κ1) is 16.6. The van der Waals surface area contributed by atoms with Crippen LogP contribution >= 0.6 is 11.8 Å². The van der Waals surface area contributed by atoms with Crippen molar-refractivity contribution >= 4 is 23.7 Å². The predicted octanol–water partition coefficient (Wildman–Crippen LogP) is 2.76. The average molecular weight is 296 g/mol. The molecule has 20 heavy (non-hydrogen) atoms. The Labute approximate surface area is 123 Å². The van der Waals surface area contributed by atoms with E-state index in [0.29, 0.717) is 6.42 Å². The summed E-state index contributed by atoms with van der Waals surface area (Å²) < 4.78 is 5.17. The van der Waals surface area contributed by atoms with Crippen molar-refractivity contribution in [2.45, 2.75) is 38.0 Å². The molecule has 1 unspecified atom stereocenters. The van der Waals surface area contributed by atoms with Gasteiger partial charge in [0, 0.05) is 0 Å². The number of aliphatic carboxylic acids is 1. The Balaban J connectivity index is 2.52. The first-order chi connectivity index (χ1) is 9.28. The largest absolute Gasteiger partial charge is 0.480 e. The van der Waals surface area contributed by atoms with Gasteiger partial charge in [-0.15, -0.1) is 11.8 Å². The van der Waals surface area contributed by atoms with Gasteiger partial charge >= 0.3 is 11.9 Å². The summed E-state index contributed by atoms with van der Waals surface area (Å²) in [7, 11) is 0. The molecule has 0 saturated heterocycles. The molecule has 0 aliphatic rings. The lowest BCUT2D eigenvalue weighted by molar-refractivity contribution is -0.151. The summed E-state index contributed by atoms with van der Waals surface area (Å²) in [6.07, 6.45) is 0.392.